The summed E-state index contributed by atoms with van der Waals surface area (Å²) in [6.07, 6.45) is -2.10. The van der Waals surface area contributed by atoms with Gasteiger partial charge in [0.1, 0.15) is 5.69 Å². The highest BCUT2D eigenvalue weighted by Crippen LogP contribution is 2.30. The number of carbonyl (C=O) groups is 1. The monoisotopic (exact) mass is 288 g/mol. The number of anilines is 1. The van der Waals surface area contributed by atoms with Crippen LogP contribution in [0.2, 0.25) is 0 Å². The van der Waals surface area contributed by atoms with Gasteiger partial charge in [0.15, 0.2) is 0 Å². The lowest BCUT2D eigenvalue weighted by Gasteiger charge is -2.27. The van der Waals surface area contributed by atoms with Crippen molar-refractivity contribution in [3.63, 3.8) is 0 Å². The van der Waals surface area contributed by atoms with Crippen molar-refractivity contribution in [1.29, 1.82) is 0 Å². The number of nitrogen functional groups attached to an aromatic ring is 1. The van der Waals surface area contributed by atoms with Crippen LogP contribution < -0.4 is 5.73 Å². The van der Waals surface area contributed by atoms with E-state index in [9.17, 15) is 18.0 Å². The summed E-state index contributed by atoms with van der Waals surface area (Å²) in [6, 6.07) is 0. The summed E-state index contributed by atoms with van der Waals surface area (Å²) >= 11 is 0. The van der Waals surface area contributed by atoms with Crippen LogP contribution in [-0.2, 0) is 6.54 Å². The fraction of sp³-hybridized carbons (Fsp3) is 0.500. The number of aryl methyl sites for hydroxylation is 1. The molecule has 1 aromatic rings. The fourth-order valence-electron chi connectivity index (χ4n) is 2.13. The Labute approximate surface area is 113 Å². The van der Waals surface area contributed by atoms with Crippen LogP contribution in [0.3, 0.4) is 0 Å². The third-order valence-electron chi connectivity index (χ3n) is 3.23. The van der Waals surface area contributed by atoms with Crippen molar-refractivity contribution >= 4 is 11.6 Å². The molecule has 0 atom stereocenters. The molecule has 0 aliphatic carbocycles. The van der Waals surface area contributed by atoms with Crippen LogP contribution >= 0.6 is 0 Å². The van der Waals surface area contributed by atoms with Gasteiger partial charge in [-0.25, -0.2) is 0 Å². The molecule has 1 aliphatic rings. The minimum Gasteiger partial charge on any atom is -0.396 e. The van der Waals surface area contributed by atoms with Crippen LogP contribution in [0, 0.1) is 0 Å². The summed E-state index contributed by atoms with van der Waals surface area (Å²) in [5, 5.41) is 3.95. The van der Waals surface area contributed by atoms with Crippen molar-refractivity contribution in [2.45, 2.75) is 26.1 Å². The number of halogens is 3. The van der Waals surface area contributed by atoms with Gasteiger partial charge >= 0.3 is 6.18 Å². The van der Waals surface area contributed by atoms with Gasteiger partial charge in [0.05, 0.1) is 11.9 Å². The molecule has 1 aromatic heterocycles. The van der Waals surface area contributed by atoms with E-state index in [2.05, 4.69) is 5.10 Å². The molecular formula is C12H15F3N4O. The maximum atomic E-state index is 12.5. The van der Waals surface area contributed by atoms with E-state index < -0.39 is 11.7 Å². The lowest BCUT2D eigenvalue weighted by atomic mass is 10.1. The van der Waals surface area contributed by atoms with E-state index >= 15 is 0 Å². The molecule has 8 heteroatoms. The van der Waals surface area contributed by atoms with Gasteiger partial charge in [0.25, 0.3) is 5.91 Å². The largest absolute Gasteiger partial charge is 0.412 e. The van der Waals surface area contributed by atoms with Gasteiger partial charge in [-0.2, -0.15) is 18.3 Å². The van der Waals surface area contributed by atoms with E-state index in [0.717, 1.165) is 6.08 Å². The van der Waals surface area contributed by atoms with Crippen LogP contribution in [0.1, 0.15) is 23.8 Å². The molecule has 0 spiro atoms. The summed E-state index contributed by atoms with van der Waals surface area (Å²) < 4.78 is 39.0. The molecule has 0 saturated heterocycles. The van der Waals surface area contributed by atoms with Gasteiger partial charge in [-0.05, 0) is 13.3 Å². The number of rotatable bonds is 2. The summed E-state index contributed by atoms with van der Waals surface area (Å²) in [5.74, 6) is -0.390. The van der Waals surface area contributed by atoms with Crippen molar-refractivity contribution in [2.24, 2.45) is 0 Å². The first-order valence-corrected chi connectivity index (χ1v) is 6.21. The molecular weight excluding hydrogens is 273 g/mol. The second kappa shape index (κ2) is 5.18. The van der Waals surface area contributed by atoms with Crippen molar-refractivity contribution in [3.05, 3.63) is 23.5 Å². The molecule has 110 valence electrons. The van der Waals surface area contributed by atoms with Gasteiger partial charge in [-0.3, -0.25) is 9.48 Å². The highest BCUT2D eigenvalue weighted by molar-refractivity contribution is 5.97. The van der Waals surface area contributed by atoms with E-state index in [4.69, 9.17) is 5.73 Å². The maximum absolute atomic E-state index is 12.5. The molecule has 0 fully saturated rings. The van der Waals surface area contributed by atoms with Gasteiger partial charge < -0.3 is 10.6 Å². The molecule has 0 radical (unpaired) electrons. The Kier molecular flexibility index (Phi) is 3.74. The first-order chi connectivity index (χ1) is 9.34. The molecule has 5 nitrogen and oxygen atoms in total. The minimum absolute atomic E-state index is 0.0263. The maximum Gasteiger partial charge on any atom is 0.412 e. The van der Waals surface area contributed by atoms with Crippen LogP contribution in [0.15, 0.2) is 17.8 Å². The Morgan fingerprint density at radius 2 is 2.20 bits per heavy atom. The zero-order chi connectivity index (χ0) is 14.9. The average molecular weight is 288 g/mol. The number of alkyl halides is 3. The number of hydrogen-bond donors (Lipinski definition) is 1. The topological polar surface area (TPSA) is 64.2 Å². The summed E-state index contributed by atoms with van der Waals surface area (Å²) in [5.41, 5.74) is 5.58. The quantitative estimate of drug-likeness (QED) is 0.844. The third kappa shape index (κ3) is 2.63. The zero-order valence-corrected chi connectivity index (χ0v) is 10.9. The van der Waals surface area contributed by atoms with Crippen molar-refractivity contribution in [1.82, 2.24) is 14.7 Å². The minimum atomic E-state index is -4.32. The number of nitrogens with two attached hydrogens (primary N) is 1. The Morgan fingerprint density at radius 3 is 2.70 bits per heavy atom. The number of amides is 1. The molecule has 1 amide bonds. The molecule has 2 heterocycles. The van der Waals surface area contributed by atoms with Gasteiger partial charge in [-0.15, -0.1) is 0 Å². The summed E-state index contributed by atoms with van der Waals surface area (Å²) in [7, 11) is 0. The Hall–Kier alpha value is -1.99. The van der Waals surface area contributed by atoms with E-state index in [0.29, 0.717) is 6.54 Å². The fourth-order valence-corrected chi connectivity index (χ4v) is 2.13. The average Bonchev–Trinajstić information content (AvgIpc) is 2.78. The predicted octanol–water partition coefficient (Wildman–Crippen LogP) is 1.82. The molecule has 0 bridgehead atoms. The molecule has 0 aromatic carbocycles. The Morgan fingerprint density at radius 1 is 1.50 bits per heavy atom. The molecule has 2 rings (SSSR count). The Bertz CT molecular complexity index is 547. The molecule has 20 heavy (non-hydrogen) atoms. The summed E-state index contributed by atoms with van der Waals surface area (Å²) in [6.45, 7) is 2.23. The number of aromatic nitrogens is 2. The summed E-state index contributed by atoms with van der Waals surface area (Å²) in [4.78, 5) is 13.6. The van der Waals surface area contributed by atoms with Crippen LogP contribution in [-0.4, -0.2) is 39.9 Å². The number of hydrogen-bond acceptors (Lipinski definition) is 3. The lowest BCUT2D eigenvalue weighted by molar-refractivity contribution is -0.0957. The lowest BCUT2D eigenvalue weighted by Crippen LogP contribution is -2.38. The van der Waals surface area contributed by atoms with Crippen molar-refractivity contribution < 1.29 is 18.0 Å². The second-order valence-corrected chi connectivity index (χ2v) is 4.49. The first-order valence-electron chi connectivity index (χ1n) is 6.21. The van der Waals surface area contributed by atoms with Gasteiger partial charge in [0.2, 0.25) is 0 Å². The smallest absolute Gasteiger partial charge is 0.396 e. The highest BCUT2D eigenvalue weighted by atomic mass is 19.4. The number of nitrogens with zero attached hydrogens (tertiary/aromatic N) is 3. The molecule has 0 saturated carbocycles. The standard InChI is InChI=1S/C12H15F3N4O/c1-2-19-10(9(16)7-17-19)11(20)18-5-3-8(4-6-18)12(13,14)15/h3,7H,2,4-6,16H2,1H3. The highest BCUT2D eigenvalue weighted by Gasteiger charge is 2.36. The second-order valence-electron chi connectivity index (χ2n) is 4.49. The van der Waals surface area contributed by atoms with Crippen molar-refractivity contribution in [3.8, 4) is 0 Å². The number of carbonyl (C=O) groups excluding carboxylic acids is 1. The van der Waals surface area contributed by atoms with E-state index in [1.807, 2.05) is 0 Å². The van der Waals surface area contributed by atoms with Gasteiger partial charge in [-0.1, -0.05) is 6.08 Å². The van der Waals surface area contributed by atoms with Crippen LogP contribution in [0.5, 0.6) is 0 Å². The zero-order valence-electron chi connectivity index (χ0n) is 10.9. The molecule has 1 aliphatic heterocycles. The molecule has 0 unspecified atom stereocenters. The van der Waals surface area contributed by atoms with E-state index in [1.165, 1.54) is 15.8 Å². The van der Waals surface area contributed by atoms with Crippen LogP contribution in [0.4, 0.5) is 18.9 Å². The normalized spacial score (nSPS) is 16.2. The van der Waals surface area contributed by atoms with Gasteiger partial charge in [0, 0.05) is 25.2 Å². The predicted molar refractivity (Wildman–Crippen MR) is 67.0 cm³/mol. The third-order valence-corrected chi connectivity index (χ3v) is 3.23. The first kappa shape index (κ1) is 14.4. The van der Waals surface area contributed by atoms with E-state index in [1.54, 1.807) is 6.92 Å². The van der Waals surface area contributed by atoms with E-state index in [-0.39, 0.29) is 36.8 Å². The Balaban J connectivity index is 2.17. The van der Waals surface area contributed by atoms with Crippen molar-refractivity contribution in [2.75, 3.05) is 18.8 Å². The molecule has 2 N–H and O–H groups in total. The SMILES string of the molecule is CCn1ncc(N)c1C(=O)N1CC=C(C(F)(F)F)CC1. The van der Waals surface area contributed by atoms with Crippen LogP contribution in [0.25, 0.3) is 0 Å².